The van der Waals surface area contributed by atoms with Crippen molar-refractivity contribution in [1.82, 2.24) is 14.5 Å². The predicted molar refractivity (Wildman–Crippen MR) is 215 cm³/mol. The molecule has 0 aliphatic rings. The fourth-order valence-corrected chi connectivity index (χ4v) is 7.96. The molecule has 0 saturated carbocycles. The van der Waals surface area contributed by atoms with Gasteiger partial charge in [0.2, 0.25) is 0 Å². The van der Waals surface area contributed by atoms with E-state index >= 15 is 0 Å². The lowest BCUT2D eigenvalue weighted by Crippen LogP contribution is -1.98. The molecule has 11 aromatic rings. The van der Waals surface area contributed by atoms with E-state index < -0.39 is 0 Å². The lowest BCUT2D eigenvalue weighted by molar-refractivity contribution is 0.667. The lowest BCUT2D eigenvalue weighted by atomic mass is 9.97. The first kappa shape index (κ1) is 28.8. The molecule has 8 aromatic carbocycles. The zero-order chi connectivity index (χ0) is 34.2. The van der Waals surface area contributed by atoms with Crippen LogP contribution in [0.4, 0.5) is 0 Å². The number of nitrogens with zero attached hydrogens (tertiary/aromatic N) is 3. The lowest BCUT2D eigenvalue weighted by Gasteiger charge is -2.16. The molecule has 0 spiro atoms. The molecule has 0 N–H and O–H groups in total. The van der Waals surface area contributed by atoms with Crippen molar-refractivity contribution in [2.75, 3.05) is 0 Å². The van der Waals surface area contributed by atoms with Gasteiger partial charge in [-0.05, 0) is 63.5 Å². The fourth-order valence-electron chi connectivity index (χ4n) is 7.96. The number of fused-ring (bicyclic) bond motifs is 9. The highest BCUT2D eigenvalue weighted by atomic mass is 16.3. The number of aromatic nitrogens is 3. The van der Waals surface area contributed by atoms with Crippen LogP contribution in [0.25, 0.3) is 105 Å². The van der Waals surface area contributed by atoms with Gasteiger partial charge in [0.05, 0.1) is 16.7 Å². The molecule has 11 rings (SSSR count). The van der Waals surface area contributed by atoms with Crippen LogP contribution in [0.5, 0.6) is 0 Å². The third kappa shape index (κ3) is 4.34. The standard InChI is InChI=1S/C48H29N3O/c1-3-14-31(15-4-1)45-47-46(50-48(49-45)32-16-5-2-6-17-32)39-28-35(24-26-43(39)52-47)38-27-33-18-7-8-19-34(33)29-42(38)51-40-22-12-11-21-37(40)44-36-20-10-9-13-30(36)23-25-41(44)51/h1-29H. The molecule has 3 aromatic heterocycles. The molecule has 0 aliphatic heterocycles. The second-order valence-electron chi connectivity index (χ2n) is 13.4. The quantitative estimate of drug-likeness (QED) is 0.188. The summed E-state index contributed by atoms with van der Waals surface area (Å²) in [7, 11) is 0. The number of para-hydroxylation sites is 1. The monoisotopic (exact) mass is 663 g/mol. The Bertz CT molecular complexity index is 3180. The van der Waals surface area contributed by atoms with Crippen molar-refractivity contribution in [3.63, 3.8) is 0 Å². The van der Waals surface area contributed by atoms with E-state index in [4.69, 9.17) is 14.4 Å². The van der Waals surface area contributed by atoms with E-state index in [1.807, 2.05) is 36.4 Å². The zero-order valence-electron chi connectivity index (χ0n) is 28.0. The Kier molecular flexibility index (Phi) is 6.22. The van der Waals surface area contributed by atoms with Gasteiger partial charge in [0.15, 0.2) is 11.4 Å². The Hall–Kier alpha value is -7.04. The van der Waals surface area contributed by atoms with Gasteiger partial charge in [-0.3, -0.25) is 0 Å². The van der Waals surface area contributed by atoms with E-state index in [9.17, 15) is 0 Å². The maximum atomic E-state index is 6.62. The number of hydrogen-bond donors (Lipinski definition) is 0. The SMILES string of the molecule is c1ccc(-c2nc(-c3ccccc3)c3oc4ccc(-c5cc6ccccc6cc5-n5c6ccccc6c6c7ccccc7ccc65)cc4c3n2)cc1. The molecule has 0 amide bonds. The van der Waals surface area contributed by atoms with E-state index in [0.717, 1.165) is 50.1 Å². The van der Waals surface area contributed by atoms with Crippen molar-refractivity contribution in [3.8, 4) is 39.5 Å². The first-order valence-electron chi connectivity index (χ1n) is 17.6. The Labute approximate surface area is 298 Å². The molecule has 0 unspecified atom stereocenters. The molecular formula is C48H29N3O. The second kappa shape index (κ2) is 11.2. The van der Waals surface area contributed by atoms with E-state index in [1.54, 1.807) is 0 Å². The van der Waals surface area contributed by atoms with E-state index in [2.05, 4.69) is 144 Å². The van der Waals surface area contributed by atoms with Crippen LogP contribution in [-0.2, 0) is 0 Å². The third-order valence-corrected chi connectivity index (χ3v) is 10.4. The van der Waals surface area contributed by atoms with Gasteiger partial charge in [-0.25, -0.2) is 9.97 Å². The highest BCUT2D eigenvalue weighted by molar-refractivity contribution is 6.21. The van der Waals surface area contributed by atoms with E-state index in [-0.39, 0.29) is 0 Å². The van der Waals surface area contributed by atoms with Gasteiger partial charge in [-0.2, -0.15) is 0 Å². The normalized spacial score (nSPS) is 11.8. The van der Waals surface area contributed by atoms with E-state index in [0.29, 0.717) is 11.4 Å². The van der Waals surface area contributed by atoms with Crippen molar-refractivity contribution < 1.29 is 4.42 Å². The molecule has 3 heterocycles. The average Bonchev–Trinajstić information content (AvgIpc) is 3.76. The Morgan fingerprint density at radius 1 is 0.442 bits per heavy atom. The molecule has 0 fully saturated rings. The summed E-state index contributed by atoms with van der Waals surface area (Å²) in [5.74, 6) is 0.670. The summed E-state index contributed by atoms with van der Waals surface area (Å²) in [6.07, 6.45) is 0. The first-order chi connectivity index (χ1) is 25.8. The van der Waals surface area contributed by atoms with Gasteiger partial charge >= 0.3 is 0 Å². The first-order valence-corrected chi connectivity index (χ1v) is 17.6. The van der Waals surface area contributed by atoms with Crippen LogP contribution < -0.4 is 0 Å². The molecular weight excluding hydrogens is 635 g/mol. The van der Waals surface area contributed by atoms with Crippen LogP contribution >= 0.6 is 0 Å². The van der Waals surface area contributed by atoms with Crippen molar-refractivity contribution in [1.29, 1.82) is 0 Å². The molecule has 4 heteroatoms. The molecule has 0 bridgehead atoms. The van der Waals surface area contributed by atoms with Crippen LogP contribution in [0, 0.1) is 0 Å². The third-order valence-electron chi connectivity index (χ3n) is 10.4. The zero-order valence-corrected chi connectivity index (χ0v) is 28.0. The summed E-state index contributed by atoms with van der Waals surface area (Å²) < 4.78 is 9.06. The molecule has 0 aliphatic carbocycles. The minimum absolute atomic E-state index is 0.670. The number of benzene rings is 8. The van der Waals surface area contributed by atoms with E-state index in [1.165, 1.54) is 43.4 Å². The van der Waals surface area contributed by atoms with Crippen molar-refractivity contribution in [2.45, 2.75) is 0 Å². The Morgan fingerprint density at radius 3 is 1.92 bits per heavy atom. The fraction of sp³-hybridized carbons (Fsp3) is 0. The summed E-state index contributed by atoms with van der Waals surface area (Å²) in [6.45, 7) is 0. The van der Waals surface area contributed by atoms with Crippen LogP contribution in [0.15, 0.2) is 180 Å². The molecule has 52 heavy (non-hydrogen) atoms. The highest BCUT2D eigenvalue weighted by Crippen LogP contribution is 2.42. The van der Waals surface area contributed by atoms with Gasteiger partial charge in [-0.1, -0.05) is 140 Å². The summed E-state index contributed by atoms with van der Waals surface area (Å²) in [5.41, 5.74) is 10.7. The molecule has 0 radical (unpaired) electrons. The van der Waals surface area contributed by atoms with Gasteiger partial charge in [0.25, 0.3) is 0 Å². The van der Waals surface area contributed by atoms with Crippen LogP contribution in [0.2, 0.25) is 0 Å². The highest BCUT2D eigenvalue weighted by Gasteiger charge is 2.21. The number of hydrogen-bond acceptors (Lipinski definition) is 3. The van der Waals surface area contributed by atoms with Crippen LogP contribution in [-0.4, -0.2) is 14.5 Å². The van der Waals surface area contributed by atoms with Crippen LogP contribution in [0.1, 0.15) is 0 Å². The van der Waals surface area contributed by atoms with Crippen LogP contribution in [0.3, 0.4) is 0 Å². The molecule has 0 saturated heterocycles. The second-order valence-corrected chi connectivity index (χ2v) is 13.4. The minimum atomic E-state index is 0.670. The van der Waals surface area contributed by atoms with Crippen molar-refractivity contribution >= 4 is 65.4 Å². The number of rotatable bonds is 4. The van der Waals surface area contributed by atoms with Crippen molar-refractivity contribution in [2.24, 2.45) is 0 Å². The minimum Gasteiger partial charge on any atom is -0.452 e. The van der Waals surface area contributed by atoms with Gasteiger partial charge in [0.1, 0.15) is 16.8 Å². The number of furan rings is 1. The molecule has 4 nitrogen and oxygen atoms in total. The Balaban J connectivity index is 1.22. The Morgan fingerprint density at radius 2 is 1.12 bits per heavy atom. The summed E-state index contributed by atoms with van der Waals surface area (Å²) in [5, 5.41) is 8.33. The summed E-state index contributed by atoms with van der Waals surface area (Å²) in [6, 6.07) is 62.2. The van der Waals surface area contributed by atoms with Gasteiger partial charge < -0.3 is 8.98 Å². The largest absolute Gasteiger partial charge is 0.452 e. The average molecular weight is 664 g/mol. The summed E-state index contributed by atoms with van der Waals surface area (Å²) >= 11 is 0. The maximum absolute atomic E-state index is 6.62. The smallest absolute Gasteiger partial charge is 0.180 e. The predicted octanol–water partition coefficient (Wildman–Crippen LogP) is 12.8. The maximum Gasteiger partial charge on any atom is 0.180 e. The van der Waals surface area contributed by atoms with Crippen molar-refractivity contribution in [3.05, 3.63) is 176 Å². The summed E-state index contributed by atoms with van der Waals surface area (Å²) in [4.78, 5) is 10.2. The molecule has 0 atom stereocenters. The van der Waals surface area contributed by atoms with Gasteiger partial charge in [0, 0.05) is 32.8 Å². The van der Waals surface area contributed by atoms with Gasteiger partial charge in [-0.15, -0.1) is 0 Å². The topological polar surface area (TPSA) is 43.9 Å². The molecule has 242 valence electrons.